The molecule has 0 saturated heterocycles. The van der Waals surface area contributed by atoms with Gasteiger partial charge in [0.25, 0.3) is 0 Å². The second kappa shape index (κ2) is 4.88. The Morgan fingerprint density at radius 2 is 2.25 bits per heavy atom. The number of nitrogens with zero attached hydrogens (tertiary/aromatic N) is 2. The van der Waals surface area contributed by atoms with E-state index < -0.39 is 0 Å². The van der Waals surface area contributed by atoms with E-state index >= 15 is 0 Å². The average Bonchev–Trinajstić information content (AvgIpc) is 2.65. The van der Waals surface area contributed by atoms with Crippen LogP contribution in [0.1, 0.15) is 6.92 Å². The van der Waals surface area contributed by atoms with Crippen LogP contribution in [0.25, 0.3) is 10.6 Å². The number of hydrogen-bond acceptors (Lipinski definition) is 4. The number of amides is 1. The molecule has 0 aliphatic carbocycles. The molecule has 0 unspecified atom stereocenters. The summed E-state index contributed by atoms with van der Waals surface area (Å²) in [5, 5.41) is 4.63. The van der Waals surface area contributed by atoms with Crippen molar-refractivity contribution in [1.29, 1.82) is 0 Å². The van der Waals surface area contributed by atoms with E-state index in [0.717, 1.165) is 20.0 Å². The first-order valence-corrected chi connectivity index (χ1v) is 6.45. The summed E-state index contributed by atoms with van der Waals surface area (Å²) in [7, 11) is 0. The summed E-state index contributed by atoms with van der Waals surface area (Å²) in [5.41, 5.74) is 1.68. The third kappa shape index (κ3) is 2.76. The van der Waals surface area contributed by atoms with Crippen molar-refractivity contribution in [3.05, 3.63) is 27.5 Å². The first-order valence-electron chi connectivity index (χ1n) is 4.49. The van der Waals surface area contributed by atoms with E-state index in [1.165, 1.54) is 13.3 Å². The van der Waals surface area contributed by atoms with Crippen LogP contribution in [0.5, 0.6) is 0 Å². The number of hydrogen-bond donors (Lipinski definition) is 1. The molecule has 0 bridgehead atoms. The lowest BCUT2D eigenvalue weighted by Gasteiger charge is -1.96. The van der Waals surface area contributed by atoms with Gasteiger partial charge in [0, 0.05) is 12.3 Å². The Balaban J connectivity index is 2.28. The van der Waals surface area contributed by atoms with E-state index in [2.05, 4.69) is 37.9 Å². The molecule has 0 atom stereocenters. The molecule has 6 heteroatoms. The van der Waals surface area contributed by atoms with Crippen LogP contribution < -0.4 is 5.32 Å². The number of carbonyl (C=O) groups excluding carboxylic acids is 1. The van der Waals surface area contributed by atoms with E-state index in [9.17, 15) is 4.79 Å². The number of anilines is 1. The number of rotatable bonds is 2. The molecule has 82 valence electrons. The lowest BCUT2D eigenvalue weighted by Crippen LogP contribution is -2.04. The third-order valence-electron chi connectivity index (χ3n) is 1.81. The minimum Gasteiger partial charge on any atom is -0.326 e. The molecule has 0 fully saturated rings. The van der Waals surface area contributed by atoms with Crippen LogP contribution >= 0.6 is 33.9 Å². The largest absolute Gasteiger partial charge is 0.326 e. The Hall–Kier alpha value is -1.02. The topological polar surface area (TPSA) is 54.9 Å². The smallest absolute Gasteiger partial charge is 0.221 e. The van der Waals surface area contributed by atoms with Crippen molar-refractivity contribution in [1.82, 2.24) is 9.97 Å². The van der Waals surface area contributed by atoms with Gasteiger partial charge in [-0.15, -0.1) is 11.3 Å². The van der Waals surface area contributed by atoms with Gasteiger partial charge in [-0.25, -0.2) is 9.97 Å². The number of thiophene rings is 1. The van der Waals surface area contributed by atoms with Gasteiger partial charge < -0.3 is 5.32 Å². The van der Waals surface area contributed by atoms with Crippen molar-refractivity contribution in [3.8, 4) is 10.6 Å². The maximum atomic E-state index is 10.9. The van der Waals surface area contributed by atoms with Crippen LogP contribution in [0.3, 0.4) is 0 Å². The lowest BCUT2D eigenvalue weighted by molar-refractivity contribution is -0.114. The summed E-state index contributed by atoms with van der Waals surface area (Å²) in [4.78, 5) is 20.1. The van der Waals surface area contributed by atoms with Crippen LogP contribution in [0.15, 0.2) is 23.8 Å². The fraction of sp³-hybridized carbons (Fsp3) is 0.100. The van der Waals surface area contributed by atoms with Gasteiger partial charge in [-0.2, -0.15) is 0 Å². The van der Waals surface area contributed by atoms with E-state index in [1.54, 1.807) is 11.3 Å². The van der Waals surface area contributed by atoms with E-state index in [0.29, 0.717) is 0 Å². The molecule has 2 aromatic heterocycles. The Morgan fingerprint density at radius 1 is 1.44 bits per heavy atom. The van der Waals surface area contributed by atoms with Gasteiger partial charge in [0.2, 0.25) is 5.91 Å². The molecule has 4 nitrogen and oxygen atoms in total. The summed E-state index contributed by atoms with van der Waals surface area (Å²) in [6.07, 6.45) is 1.54. The highest BCUT2D eigenvalue weighted by atomic mass is 127. The zero-order chi connectivity index (χ0) is 11.5. The van der Waals surface area contributed by atoms with Crippen LogP contribution in [0.4, 0.5) is 5.69 Å². The number of carbonyl (C=O) groups is 1. The molecular weight excluding hydrogens is 337 g/mol. The molecule has 0 spiro atoms. The van der Waals surface area contributed by atoms with Crippen molar-refractivity contribution in [3.63, 3.8) is 0 Å². The van der Waals surface area contributed by atoms with Crippen LogP contribution in [-0.4, -0.2) is 15.9 Å². The normalized spacial score (nSPS) is 10.1. The molecule has 0 aliphatic rings. The number of halogens is 1. The molecule has 2 aromatic rings. The fourth-order valence-electron chi connectivity index (χ4n) is 1.21. The van der Waals surface area contributed by atoms with Crippen LogP contribution in [0.2, 0.25) is 0 Å². The fourth-order valence-corrected chi connectivity index (χ4v) is 2.44. The minimum absolute atomic E-state index is 0.0679. The Kier molecular flexibility index (Phi) is 3.49. The quantitative estimate of drug-likeness (QED) is 0.673. The summed E-state index contributed by atoms with van der Waals surface area (Å²) >= 11 is 3.69. The van der Waals surface area contributed by atoms with Crippen LogP contribution in [-0.2, 0) is 4.79 Å². The average molecular weight is 345 g/mol. The standard InChI is InChI=1S/C10H8IN3OS/c1-6(15)14-7-2-9(16-4-7)8-3-10(11)13-5-12-8/h2-5H,1H3,(H,14,15). The van der Waals surface area contributed by atoms with Gasteiger partial charge in [-0.3, -0.25) is 4.79 Å². The maximum absolute atomic E-state index is 10.9. The molecule has 0 saturated carbocycles. The van der Waals surface area contributed by atoms with Gasteiger partial charge in [0.15, 0.2) is 0 Å². The minimum atomic E-state index is -0.0679. The predicted octanol–water partition coefficient (Wildman–Crippen LogP) is 2.77. The highest BCUT2D eigenvalue weighted by Crippen LogP contribution is 2.28. The molecule has 2 rings (SSSR count). The van der Waals surface area contributed by atoms with Crippen molar-refractivity contribution >= 4 is 45.5 Å². The highest BCUT2D eigenvalue weighted by molar-refractivity contribution is 14.1. The molecule has 0 aromatic carbocycles. The summed E-state index contributed by atoms with van der Waals surface area (Å²) in [6, 6.07) is 3.81. The Labute approximate surface area is 110 Å². The van der Waals surface area contributed by atoms with Crippen molar-refractivity contribution < 1.29 is 4.79 Å². The van der Waals surface area contributed by atoms with Crippen molar-refractivity contribution in [2.75, 3.05) is 5.32 Å². The summed E-state index contributed by atoms with van der Waals surface area (Å²) in [6.45, 7) is 1.49. The number of aromatic nitrogens is 2. The lowest BCUT2D eigenvalue weighted by atomic mass is 10.3. The molecule has 16 heavy (non-hydrogen) atoms. The SMILES string of the molecule is CC(=O)Nc1csc(-c2cc(I)ncn2)c1. The van der Waals surface area contributed by atoms with Gasteiger partial charge >= 0.3 is 0 Å². The Morgan fingerprint density at radius 3 is 2.94 bits per heavy atom. The Bertz CT molecular complexity index is 526. The van der Waals surface area contributed by atoms with E-state index in [-0.39, 0.29) is 5.91 Å². The first kappa shape index (κ1) is 11.5. The van der Waals surface area contributed by atoms with E-state index in [4.69, 9.17) is 0 Å². The molecule has 1 N–H and O–H groups in total. The zero-order valence-electron chi connectivity index (χ0n) is 8.40. The molecule has 0 aliphatic heterocycles. The second-order valence-corrected chi connectivity index (χ2v) is 5.12. The highest BCUT2D eigenvalue weighted by Gasteiger charge is 2.05. The van der Waals surface area contributed by atoms with Gasteiger partial charge in [-0.05, 0) is 34.7 Å². The zero-order valence-corrected chi connectivity index (χ0v) is 11.4. The molecule has 2 heterocycles. The molecule has 1 amide bonds. The van der Waals surface area contributed by atoms with E-state index in [1.807, 2.05) is 17.5 Å². The summed E-state index contributed by atoms with van der Waals surface area (Å²) in [5.74, 6) is -0.0679. The van der Waals surface area contributed by atoms with Crippen molar-refractivity contribution in [2.45, 2.75) is 6.92 Å². The predicted molar refractivity (Wildman–Crippen MR) is 72.4 cm³/mol. The third-order valence-corrected chi connectivity index (χ3v) is 3.35. The molecular formula is C10H8IN3OS. The maximum Gasteiger partial charge on any atom is 0.221 e. The first-order chi connectivity index (χ1) is 7.65. The van der Waals surface area contributed by atoms with Gasteiger partial charge in [0.1, 0.15) is 10.0 Å². The van der Waals surface area contributed by atoms with Gasteiger partial charge in [0.05, 0.1) is 16.3 Å². The monoisotopic (exact) mass is 345 g/mol. The number of nitrogens with one attached hydrogen (secondary N) is 1. The van der Waals surface area contributed by atoms with Gasteiger partial charge in [-0.1, -0.05) is 0 Å². The van der Waals surface area contributed by atoms with Crippen LogP contribution in [0, 0.1) is 3.70 Å². The molecule has 0 radical (unpaired) electrons. The summed E-state index contributed by atoms with van der Waals surface area (Å²) < 4.78 is 0.900. The van der Waals surface area contributed by atoms with Crippen molar-refractivity contribution in [2.24, 2.45) is 0 Å². The second-order valence-electron chi connectivity index (χ2n) is 3.11.